The number of carbonyl (C=O) groups excluding carboxylic acids is 3. The molecule has 0 radical (unpaired) electrons. The Morgan fingerprint density at radius 3 is 1.37 bits per heavy atom. The van der Waals surface area contributed by atoms with Gasteiger partial charge in [0.25, 0.3) is 5.91 Å². The van der Waals surface area contributed by atoms with Gasteiger partial charge < -0.3 is 38.5 Å². The number of halogens is 3. The molecule has 3 amide bonds. The van der Waals surface area contributed by atoms with Gasteiger partial charge in [-0.05, 0) is 147 Å². The Balaban J connectivity index is 0.000000132. The molecule has 0 saturated heterocycles. The number of benzene rings is 6. The number of aromatic nitrogens is 4. The zero-order valence-electron chi connectivity index (χ0n) is 50.6. The lowest BCUT2D eigenvalue weighted by molar-refractivity contribution is -0.144. The third-order valence-corrected chi connectivity index (χ3v) is 18.5. The van der Waals surface area contributed by atoms with Crippen molar-refractivity contribution in [2.75, 3.05) is 32.8 Å². The molecule has 3 unspecified atom stereocenters. The zero-order valence-corrected chi connectivity index (χ0v) is 52.9. The monoisotopic (exact) mass is 1300 g/mol. The lowest BCUT2D eigenvalue weighted by Gasteiger charge is -2.26. The van der Waals surface area contributed by atoms with E-state index in [1.165, 1.54) is 29.2 Å². The topological polar surface area (TPSA) is 241 Å². The van der Waals surface area contributed by atoms with Crippen molar-refractivity contribution in [1.82, 2.24) is 40.9 Å². The average Bonchev–Trinajstić information content (AvgIpc) is 1.84. The number of carboxylic acid groups (broad SMARTS) is 1. The predicted molar refractivity (Wildman–Crippen MR) is 351 cm³/mol. The molecule has 2 aromatic heterocycles. The molecule has 0 spiro atoms. The van der Waals surface area contributed by atoms with Gasteiger partial charge >= 0.3 is 18.2 Å². The molecular formula is C71H72Cl3N9O9. The minimum absolute atomic E-state index is 0.0154. The van der Waals surface area contributed by atoms with E-state index in [2.05, 4.69) is 81.3 Å². The number of nitrogens with zero attached hydrogens (tertiary/aromatic N) is 6. The van der Waals surface area contributed by atoms with Crippen molar-refractivity contribution >= 4 is 58.9 Å². The first-order valence-corrected chi connectivity index (χ1v) is 31.9. The molecular weight excluding hydrogens is 1230 g/mol. The third kappa shape index (κ3) is 16.1. The molecule has 0 bridgehead atoms. The van der Waals surface area contributed by atoms with Crippen LogP contribution >= 0.6 is 34.8 Å². The van der Waals surface area contributed by atoms with E-state index >= 15 is 0 Å². The smallest absolute Gasteiger partial charge is 0.410 e. The second kappa shape index (κ2) is 28.9. The molecule has 92 heavy (non-hydrogen) atoms. The molecule has 6 aliphatic carbocycles. The number of aliphatic carboxylic acids is 1. The maximum atomic E-state index is 12.9. The summed E-state index contributed by atoms with van der Waals surface area (Å²) in [5.41, 5.74) is 7.00. The number of carboxylic acids is 1. The SMILES string of the molecule is C=CCOC(=O)N(CC1(C(=O)O)CC1)[C@H]1CC1c1ccccc1.C=CCOC(=O)N(CC1(c2nnc(-c3ccc(Cl)cc3)o2)CC1)[C@H]1CC1c1ccccc1.Clc1ccc(-c2nnc(C3(CN[C@H]4CC4c4ccccc4)CC3)o2)cc1.NNC(=O)c1ccc(Cl)cc1. The van der Waals surface area contributed by atoms with Gasteiger partial charge in [-0.1, -0.05) is 151 Å². The second-order valence-electron chi connectivity index (χ2n) is 24.3. The number of rotatable bonds is 22. The van der Waals surface area contributed by atoms with E-state index < -0.39 is 17.5 Å². The number of amides is 3. The summed E-state index contributed by atoms with van der Waals surface area (Å²) in [6.45, 7) is 9.15. The molecule has 476 valence electrons. The largest absolute Gasteiger partial charge is 0.481 e. The number of hydrogen-bond acceptors (Lipinski definition) is 14. The lowest BCUT2D eigenvalue weighted by atomic mass is 10.1. The number of hydrogen-bond donors (Lipinski definition) is 4. The van der Waals surface area contributed by atoms with E-state index in [-0.39, 0.29) is 60.6 Å². The van der Waals surface area contributed by atoms with Crippen LogP contribution in [0.15, 0.2) is 198 Å². The highest BCUT2D eigenvalue weighted by atomic mass is 35.5. The van der Waals surface area contributed by atoms with E-state index in [4.69, 9.17) is 59.0 Å². The summed E-state index contributed by atoms with van der Waals surface area (Å²) in [6.07, 6.45) is 10.5. The van der Waals surface area contributed by atoms with Crippen LogP contribution in [0.4, 0.5) is 9.59 Å². The first-order chi connectivity index (χ1) is 44.6. The van der Waals surface area contributed by atoms with E-state index in [1.54, 1.807) is 47.4 Å². The Kier molecular flexibility index (Phi) is 20.4. The van der Waals surface area contributed by atoms with Gasteiger partial charge in [0.05, 0.1) is 16.2 Å². The van der Waals surface area contributed by atoms with Crippen molar-refractivity contribution in [3.05, 3.63) is 238 Å². The molecule has 0 aliphatic heterocycles. The highest BCUT2D eigenvalue weighted by molar-refractivity contribution is 6.31. The zero-order chi connectivity index (χ0) is 64.4. The minimum atomic E-state index is -0.823. The van der Waals surface area contributed by atoms with Gasteiger partial charge in [0.15, 0.2) is 0 Å². The minimum Gasteiger partial charge on any atom is -0.481 e. The summed E-state index contributed by atoms with van der Waals surface area (Å²) in [5, 5.41) is 32.2. The van der Waals surface area contributed by atoms with Crippen LogP contribution in [0.2, 0.25) is 15.1 Å². The van der Waals surface area contributed by atoms with Crippen LogP contribution in [0.3, 0.4) is 0 Å². The van der Waals surface area contributed by atoms with E-state index in [1.807, 2.05) is 95.3 Å². The molecule has 18 nitrogen and oxygen atoms in total. The fraction of sp³-hybridized carbons (Fsp3) is 0.324. The van der Waals surface area contributed by atoms with Gasteiger partial charge in [-0.25, -0.2) is 15.4 Å². The number of ether oxygens (including phenoxy) is 2. The Morgan fingerprint density at radius 1 is 0.554 bits per heavy atom. The van der Waals surface area contributed by atoms with Crippen LogP contribution in [0.5, 0.6) is 0 Å². The molecule has 21 heteroatoms. The standard InChI is InChI=1S/C25H24ClN3O3.C21H20ClN3O.C18H21NO4.C7H7ClN2O/c1-2-14-31-24(30)29(21-15-20(21)17-6-4-3-5-7-17)16-25(12-13-25)23-28-27-22(32-23)18-8-10-19(26)11-9-18;22-16-8-6-15(7-9-16)19-24-25-20(26-19)21(10-11-21)13-23-18-12-17(18)14-4-2-1-3-5-14;1-2-10-23-17(22)19(12-18(8-9-18)16(20)21)15-11-14(15)13-6-4-3-5-7-13;8-6-3-1-5(2-4-6)7(11)10-9/h2-11,20-21H,1,12-16H2;1-9,17-18,23H,10-13H2;2-7,14-15H,1,8-12H2,(H,20,21);1-4H,9H2,(H,10,11)/t20?,21-;17?,18-;14?,15-;/m000./s1. The van der Waals surface area contributed by atoms with Crippen LogP contribution < -0.4 is 16.6 Å². The summed E-state index contributed by atoms with van der Waals surface area (Å²) in [4.78, 5) is 51.0. The Bertz CT molecular complexity index is 3830. The average molecular weight is 1300 g/mol. The van der Waals surface area contributed by atoms with Crippen LogP contribution in [0.25, 0.3) is 22.9 Å². The van der Waals surface area contributed by atoms with Crippen molar-refractivity contribution in [2.24, 2.45) is 11.3 Å². The summed E-state index contributed by atoms with van der Waals surface area (Å²) in [6, 6.07) is 53.0. The first-order valence-electron chi connectivity index (χ1n) is 30.8. The Morgan fingerprint density at radius 2 is 0.967 bits per heavy atom. The normalized spacial score (nSPS) is 20.6. The van der Waals surface area contributed by atoms with E-state index in [0.29, 0.717) is 75.6 Å². The van der Waals surface area contributed by atoms with E-state index in [9.17, 15) is 24.3 Å². The van der Waals surface area contributed by atoms with Crippen molar-refractivity contribution < 1.29 is 42.6 Å². The molecule has 6 aliphatic rings. The molecule has 2 heterocycles. The molecule has 6 aromatic carbocycles. The highest BCUT2D eigenvalue weighted by Crippen LogP contribution is 2.54. The maximum Gasteiger partial charge on any atom is 0.410 e. The van der Waals surface area contributed by atoms with Crippen LogP contribution in [0, 0.1) is 5.41 Å². The fourth-order valence-corrected chi connectivity index (χ4v) is 11.9. The van der Waals surface area contributed by atoms with Crippen LogP contribution in [0.1, 0.15) is 114 Å². The summed E-state index contributed by atoms with van der Waals surface area (Å²) < 4.78 is 22.6. The lowest BCUT2D eigenvalue weighted by Crippen LogP contribution is -2.41. The maximum absolute atomic E-state index is 12.9. The molecule has 6 saturated carbocycles. The molecule has 8 aromatic rings. The van der Waals surface area contributed by atoms with Gasteiger partial charge in [-0.3, -0.25) is 15.0 Å². The molecule has 14 rings (SSSR count). The summed E-state index contributed by atoms with van der Waals surface area (Å²) in [5.74, 6) is 7.33. The predicted octanol–water partition coefficient (Wildman–Crippen LogP) is 14.1. The van der Waals surface area contributed by atoms with Crippen molar-refractivity contribution in [3.63, 3.8) is 0 Å². The summed E-state index contributed by atoms with van der Waals surface area (Å²) >= 11 is 17.5. The number of nitrogens with one attached hydrogen (secondary N) is 2. The number of hydrazine groups is 1. The molecule has 6 atom stereocenters. The summed E-state index contributed by atoms with van der Waals surface area (Å²) in [7, 11) is 0. The van der Waals surface area contributed by atoms with Gasteiger partial charge in [0.2, 0.25) is 23.6 Å². The van der Waals surface area contributed by atoms with Crippen molar-refractivity contribution in [3.8, 4) is 22.9 Å². The quantitative estimate of drug-likeness (QED) is 0.0213. The Hall–Kier alpha value is -8.65. The fourth-order valence-electron chi connectivity index (χ4n) is 11.5. The number of nitrogens with two attached hydrogens (primary N) is 1. The van der Waals surface area contributed by atoms with E-state index in [0.717, 1.165) is 62.1 Å². The van der Waals surface area contributed by atoms with Crippen molar-refractivity contribution in [1.29, 1.82) is 0 Å². The number of carbonyl (C=O) groups is 4. The molecule has 5 N–H and O–H groups in total. The van der Waals surface area contributed by atoms with Gasteiger partial charge in [0.1, 0.15) is 13.2 Å². The third-order valence-electron chi connectivity index (χ3n) is 17.7. The van der Waals surface area contributed by atoms with Gasteiger partial charge in [-0.15, -0.1) is 20.4 Å². The van der Waals surface area contributed by atoms with Gasteiger partial charge in [-0.2, -0.15) is 0 Å². The van der Waals surface area contributed by atoms with Crippen molar-refractivity contribution in [2.45, 2.75) is 104 Å². The number of nitrogen functional groups attached to an aromatic ring is 1. The Labute approximate surface area is 549 Å². The van der Waals surface area contributed by atoms with Crippen LogP contribution in [-0.2, 0) is 25.1 Å². The van der Waals surface area contributed by atoms with Gasteiger partial charge in [0, 0.05) is 87.3 Å². The van der Waals surface area contributed by atoms with Crippen LogP contribution in [-0.4, -0.2) is 110 Å². The molecule has 6 fully saturated rings. The highest BCUT2D eigenvalue weighted by Gasteiger charge is 2.57. The second-order valence-corrected chi connectivity index (χ2v) is 25.6. The first kappa shape index (κ1) is 64.9.